The van der Waals surface area contributed by atoms with Crippen molar-refractivity contribution >= 4 is 0 Å². The topological polar surface area (TPSA) is 41.5 Å². The average molecular weight is 263 g/mol. The minimum absolute atomic E-state index is 0.309. The normalized spacial score (nSPS) is 23.3. The third-order valence-electron chi connectivity index (χ3n) is 4.30. The van der Waals surface area contributed by atoms with Gasteiger partial charge in [-0.2, -0.15) is 0 Å². The summed E-state index contributed by atoms with van der Waals surface area (Å²) in [5.41, 5.74) is 0.935. The Labute approximate surface area is 116 Å². The van der Waals surface area contributed by atoms with Gasteiger partial charge in [0.1, 0.15) is 11.5 Å². The van der Waals surface area contributed by atoms with Crippen molar-refractivity contribution in [3.8, 4) is 11.5 Å². The standard InChI is InChI=1S/C16H25NO2/c1-12-5-3-4-6-13(12)10-17-11-14-7-8-15(19-2)9-16(14)18/h7-9,12-13,17-18H,3-6,10-11H2,1-2H3. The van der Waals surface area contributed by atoms with Crippen LogP contribution in [0, 0.1) is 11.8 Å². The fraction of sp³-hybridized carbons (Fsp3) is 0.625. The van der Waals surface area contributed by atoms with Crippen molar-refractivity contribution in [2.24, 2.45) is 11.8 Å². The molecule has 3 nitrogen and oxygen atoms in total. The van der Waals surface area contributed by atoms with Crippen molar-refractivity contribution in [1.82, 2.24) is 5.32 Å². The predicted octanol–water partition coefficient (Wildman–Crippen LogP) is 3.32. The number of phenols is 1. The first kappa shape index (κ1) is 14.2. The number of rotatable bonds is 5. The van der Waals surface area contributed by atoms with E-state index in [1.165, 1.54) is 25.7 Å². The predicted molar refractivity (Wildman–Crippen MR) is 77.5 cm³/mol. The fourth-order valence-corrected chi connectivity index (χ4v) is 2.91. The van der Waals surface area contributed by atoms with Gasteiger partial charge in [-0.05, 0) is 30.9 Å². The molecule has 0 heterocycles. The van der Waals surface area contributed by atoms with E-state index >= 15 is 0 Å². The van der Waals surface area contributed by atoms with E-state index in [1.54, 1.807) is 13.2 Å². The number of hydrogen-bond donors (Lipinski definition) is 2. The van der Waals surface area contributed by atoms with Crippen molar-refractivity contribution in [3.63, 3.8) is 0 Å². The molecule has 1 aromatic rings. The molecule has 0 aromatic heterocycles. The molecule has 106 valence electrons. The summed E-state index contributed by atoms with van der Waals surface area (Å²) in [4.78, 5) is 0. The quantitative estimate of drug-likeness (QED) is 0.856. The van der Waals surface area contributed by atoms with E-state index in [1.807, 2.05) is 12.1 Å². The molecular weight excluding hydrogens is 238 g/mol. The van der Waals surface area contributed by atoms with Gasteiger partial charge in [0.15, 0.2) is 0 Å². The molecule has 2 unspecified atom stereocenters. The Hall–Kier alpha value is -1.22. The zero-order chi connectivity index (χ0) is 13.7. The van der Waals surface area contributed by atoms with Gasteiger partial charge in [-0.1, -0.05) is 32.3 Å². The van der Waals surface area contributed by atoms with Gasteiger partial charge in [0.25, 0.3) is 0 Å². The maximum absolute atomic E-state index is 9.89. The highest BCUT2D eigenvalue weighted by Gasteiger charge is 2.20. The second kappa shape index (κ2) is 6.80. The molecule has 19 heavy (non-hydrogen) atoms. The SMILES string of the molecule is COc1ccc(CNCC2CCCCC2C)c(O)c1. The second-order valence-electron chi connectivity index (χ2n) is 5.65. The average Bonchev–Trinajstić information content (AvgIpc) is 2.42. The Bertz CT molecular complexity index is 406. The van der Waals surface area contributed by atoms with Crippen LogP contribution in [0.25, 0.3) is 0 Å². The van der Waals surface area contributed by atoms with Crippen LogP contribution in [0.2, 0.25) is 0 Å². The molecule has 3 heteroatoms. The molecule has 1 aliphatic rings. The number of ether oxygens (including phenoxy) is 1. The number of methoxy groups -OCH3 is 1. The minimum Gasteiger partial charge on any atom is -0.507 e. The summed E-state index contributed by atoms with van der Waals surface area (Å²) < 4.78 is 5.08. The zero-order valence-electron chi connectivity index (χ0n) is 12.0. The molecule has 0 amide bonds. The third kappa shape index (κ3) is 3.87. The summed E-state index contributed by atoms with van der Waals surface area (Å²) >= 11 is 0. The first-order valence-corrected chi connectivity index (χ1v) is 7.27. The number of hydrogen-bond acceptors (Lipinski definition) is 3. The molecule has 2 rings (SSSR count). The van der Waals surface area contributed by atoms with Gasteiger partial charge >= 0.3 is 0 Å². The highest BCUT2D eigenvalue weighted by molar-refractivity contribution is 5.39. The summed E-state index contributed by atoms with van der Waals surface area (Å²) in [7, 11) is 1.61. The van der Waals surface area contributed by atoms with Crippen LogP contribution in [0.3, 0.4) is 0 Å². The Morgan fingerprint density at radius 1 is 1.32 bits per heavy atom. The van der Waals surface area contributed by atoms with Crippen LogP contribution in [-0.4, -0.2) is 18.8 Å². The molecule has 2 N–H and O–H groups in total. The van der Waals surface area contributed by atoms with Crippen LogP contribution < -0.4 is 10.1 Å². The van der Waals surface area contributed by atoms with E-state index in [9.17, 15) is 5.11 Å². The number of nitrogens with one attached hydrogen (secondary N) is 1. The zero-order valence-corrected chi connectivity index (χ0v) is 12.0. The Morgan fingerprint density at radius 3 is 2.79 bits per heavy atom. The largest absolute Gasteiger partial charge is 0.507 e. The Morgan fingerprint density at radius 2 is 2.11 bits per heavy atom. The molecule has 0 saturated heterocycles. The lowest BCUT2D eigenvalue weighted by molar-refractivity contribution is 0.247. The van der Waals surface area contributed by atoms with E-state index in [2.05, 4.69) is 12.2 Å². The molecule has 0 radical (unpaired) electrons. The van der Waals surface area contributed by atoms with Crippen LogP contribution in [0.5, 0.6) is 11.5 Å². The molecule has 1 fully saturated rings. The lowest BCUT2D eigenvalue weighted by atomic mass is 9.80. The summed E-state index contributed by atoms with van der Waals surface area (Å²) in [5, 5.41) is 13.4. The van der Waals surface area contributed by atoms with E-state index < -0.39 is 0 Å². The Balaban J connectivity index is 1.82. The van der Waals surface area contributed by atoms with Crippen LogP contribution in [0.4, 0.5) is 0 Å². The van der Waals surface area contributed by atoms with Crippen molar-refractivity contribution in [1.29, 1.82) is 0 Å². The van der Waals surface area contributed by atoms with Gasteiger partial charge in [0.05, 0.1) is 7.11 Å². The summed E-state index contributed by atoms with van der Waals surface area (Å²) in [6, 6.07) is 5.48. The minimum atomic E-state index is 0.309. The van der Waals surface area contributed by atoms with Gasteiger partial charge in [-0.3, -0.25) is 0 Å². The summed E-state index contributed by atoms with van der Waals surface area (Å²) in [5.74, 6) is 2.62. The molecule has 2 atom stereocenters. The van der Waals surface area contributed by atoms with Crippen molar-refractivity contribution in [3.05, 3.63) is 23.8 Å². The highest BCUT2D eigenvalue weighted by atomic mass is 16.5. The Kier molecular flexibility index (Phi) is 5.08. The van der Waals surface area contributed by atoms with Gasteiger partial charge in [0, 0.05) is 18.2 Å². The lowest BCUT2D eigenvalue weighted by Crippen LogP contribution is -2.29. The summed E-state index contributed by atoms with van der Waals surface area (Å²) in [6.45, 7) is 4.13. The molecule has 1 aliphatic carbocycles. The van der Waals surface area contributed by atoms with Gasteiger partial charge in [0.2, 0.25) is 0 Å². The van der Waals surface area contributed by atoms with E-state index in [4.69, 9.17) is 4.74 Å². The third-order valence-corrected chi connectivity index (χ3v) is 4.30. The van der Waals surface area contributed by atoms with E-state index in [0.717, 1.165) is 30.5 Å². The maximum atomic E-state index is 9.89. The van der Waals surface area contributed by atoms with Crippen molar-refractivity contribution in [2.45, 2.75) is 39.2 Å². The van der Waals surface area contributed by atoms with Gasteiger partial charge < -0.3 is 15.2 Å². The molecular formula is C16H25NO2. The van der Waals surface area contributed by atoms with Gasteiger partial charge in [-0.15, -0.1) is 0 Å². The number of phenolic OH excluding ortho intramolecular Hbond substituents is 1. The smallest absolute Gasteiger partial charge is 0.123 e. The van der Waals surface area contributed by atoms with Gasteiger partial charge in [-0.25, -0.2) is 0 Å². The summed E-state index contributed by atoms with van der Waals surface area (Å²) in [6.07, 6.45) is 5.45. The first-order valence-electron chi connectivity index (χ1n) is 7.27. The number of benzene rings is 1. The fourth-order valence-electron chi connectivity index (χ4n) is 2.91. The lowest BCUT2D eigenvalue weighted by Gasteiger charge is -2.29. The monoisotopic (exact) mass is 263 g/mol. The molecule has 0 aliphatic heterocycles. The van der Waals surface area contributed by atoms with Crippen LogP contribution >= 0.6 is 0 Å². The molecule has 0 spiro atoms. The van der Waals surface area contributed by atoms with Crippen molar-refractivity contribution < 1.29 is 9.84 Å². The highest BCUT2D eigenvalue weighted by Crippen LogP contribution is 2.29. The van der Waals surface area contributed by atoms with Crippen molar-refractivity contribution in [2.75, 3.05) is 13.7 Å². The maximum Gasteiger partial charge on any atom is 0.123 e. The molecule has 0 bridgehead atoms. The second-order valence-corrected chi connectivity index (χ2v) is 5.65. The van der Waals surface area contributed by atoms with E-state index in [0.29, 0.717) is 11.5 Å². The molecule has 1 saturated carbocycles. The van der Waals surface area contributed by atoms with Crippen LogP contribution in [0.1, 0.15) is 38.2 Å². The van der Waals surface area contributed by atoms with E-state index in [-0.39, 0.29) is 0 Å². The number of aromatic hydroxyl groups is 1. The van der Waals surface area contributed by atoms with Crippen LogP contribution in [-0.2, 0) is 6.54 Å². The first-order chi connectivity index (χ1) is 9.20. The molecule has 1 aromatic carbocycles. The van der Waals surface area contributed by atoms with Crippen LogP contribution in [0.15, 0.2) is 18.2 Å².